The molecule has 3 N–H and O–H groups in total. The lowest BCUT2D eigenvalue weighted by Crippen LogP contribution is -2.35. The second-order valence-corrected chi connectivity index (χ2v) is 8.46. The first-order valence-electron chi connectivity index (χ1n) is 9.08. The average molecular weight is 394 g/mol. The molecule has 5 nitrogen and oxygen atoms in total. The standard InChI is InChI=1S/C20H25ClFN3O2/c1-19(2,26)14-8-16(23-11-15(14)22)13-10-24-18(21)9-17(13)25-12-4-6-20(3,27)7-5-12/h8-12,26-27H,4-7H2,1-3H3,(H,24,25). The molecule has 2 aromatic rings. The molecule has 3 rings (SSSR count). The lowest BCUT2D eigenvalue weighted by atomic mass is 9.83. The zero-order valence-corrected chi connectivity index (χ0v) is 16.5. The number of aliphatic hydroxyl groups is 2. The van der Waals surface area contributed by atoms with Crippen molar-refractivity contribution in [2.45, 2.75) is 63.7 Å². The first-order chi connectivity index (χ1) is 12.5. The maximum atomic E-state index is 14.1. The first kappa shape index (κ1) is 20.0. The van der Waals surface area contributed by atoms with Crippen LogP contribution in [0.2, 0.25) is 5.15 Å². The number of rotatable bonds is 4. The van der Waals surface area contributed by atoms with Crippen LogP contribution in [0.3, 0.4) is 0 Å². The number of aromatic nitrogens is 2. The quantitative estimate of drug-likeness (QED) is 0.676. The van der Waals surface area contributed by atoms with Crippen LogP contribution in [0.15, 0.2) is 24.5 Å². The predicted octanol–water partition coefficient (Wildman–Crippen LogP) is 4.27. The molecule has 1 saturated carbocycles. The second kappa shape index (κ2) is 7.34. The largest absolute Gasteiger partial charge is 0.390 e. The van der Waals surface area contributed by atoms with E-state index in [0.29, 0.717) is 16.4 Å². The Morgan fingerprint density at radius 2 is 1.89 bits per heavy atom. The van der Waals surface area contributed by atoms with E-state index in [1.54, 1.807) is 12.3 Å². The SMILES string of the molecule is CC1(O)CCC(Nc2cc(Cl)ncc2-c2cc(C(C)(C)O)c(F)cn2)CC1. The van der Waals surface area contributed by atoms with E-state index in [9.17, 15) is 14.6 Å². The molecule has 27 heavy (non-hydrogen) atoms. The van der Waals surface area contributed by atoms with E-state index in [4.69, 9.17) is 11.6 Å². The molecule has 1 fully saturated rings. The van der Waals surface area contributed by atoms with Gasteiger partial charge >= 0.3 is 0 Å². The van der Waals surface area contributed by atoms with Gasteiger partial charge in [-0.2, -0.15) is 0 Å². The van der Waals surface area contributed by atoms with Gasteiger partial charge in [0.05, 0.1) is 23.1 Å². The highest BCUT2D eigenvalue weighted by atomic mass is 35.5. The summed E-state index contributed by atoms with van der Waals surface area (Å²) in [7, 11) is 0. The van der Waals surface area contributed by atoms with Crippen LogP contribution in [0.25, 0.3) is 11.3 Å². The van der Waals surface area contributed by atoms with Crippen LogP contribution in [0, 0.1) is 5.82 Å². The van der Waals surface area contributed by atoms with E-state index in [1.807, 2.05) is 6.92 Å². The Morgan fingerprint density at radius 1 is 1.22 bits per heavy atom. The molecule has 1 aliphatic carbocycles. The minimum Gasteiger partial charge on any atom is -0.390 e. The Kier molecular flexibility index (Phi) is 5.43. The number of halogens is 2. The van der Waals surface area contributed by atoms with Gasteiger partial charge in [0.1, 0.15) is 11.0 Å². The van der Waals surface area contributed by atoms with Crippen LogP contribution >= 0.6 is 11.6 Å². The second-order valence-electron chi connectivity index (χ2n) is 8.08. The summed E-state index contributed by atoms with van der Waals surface area (Å²) in [6.07, 6.45) is 5.81. The average Bonchev–Trinajstić information content (AvgIpc) is 2.57. The van der Waals surface area contributed by atoms with Crippen molar-refractivity contribution in [3.8, 4) is 11.3 Å². The fourth-order valence-electron chi connectivity index (χ4n) is 3.41. The summed E-state index contributed by atoms with van der Waals surface area (Å²) < 4.78 is 14.1. The topological polar surface area (TPSA) is 78.3 Å². The normalized spacial score (nSPS) is 23.3. The van der Waals surface area contributed by atoms with Crippen LogP contribution < -0.4 is 5.32 Å². The van der Waals surface area contributed by atoms with E-state index < -0.39 is 17.0 Å². The van der Waals surface area contributed by atoms with Crippen LogP contribution in [0.4, 0.5) is 10.1 Å². The Bertz CT molecular complexity index is 826. The Labute approximate surface area is 163 Å². The highest BCUT2D eigenvalue weighted by molar-refractivity contribution is 6.29. The van der Waals surface area contributed by atoms with Gasteiger partial charge in [-0.15, -0.1) is 0 Å². The molecule has 2 aromatic heterocycles. The van der Waals surface area contributed by atoms with Crippen molar-refractivity contribution in [1.82, 2.24) is 9.97 Å². The van der Waals surface area contributed by atoms with Crippen LogP contribution in [0.5, 0.6) is 0 Å². The number of pyridine rings is 2. The van der Waals surface area contributed by atoms with Gasteiger partial charge in [-0.3, -0.25) is 4.98 Å². The highest BCUT2D eigenvalue weighted by Gasteiger charge is 2.29. The molecule has 0 aliphatic heterocycles. The molecule has 0 aromatic carbocycles. The lowest BCUT2D eigenvalue weighted by Gasteiger charge is -2.34. The monoisotopic (exact) mass is 393 g/mol. The maximum absolute atomic E-state index is 14.1. The minimum atomic E-state index is -1.33. The molecule has 0 unspecified atom stereocenters. The number of hydrogen-bond donors (Lipinski definition) is 3. The molecule has 0 bridgehead atoms. The zero-order valence-electron chi connectivity index (χ0n) is 15.8. The summed E-state index contributed by atoms with van der Waals surface area (Å²) in [4.78, 5) is 8.32. The molecule has 7 heteroatoms. The Hall–Kier alpha value is -1.76. The van der Waals surface area contributed by atoms with E-state index >= 15 is 0 Å². The van der Waals surface area contributed by atoms with Crippen molar-refractivity contribution in [3.05, 3.63) is 41.1 Å². The maximum Gasteiger partial charge on any atom is 0.147 e. The van der Waals surface area contributed by atoms with Gasteiger partial charge in [-0.05, 0) is 58.6 Å². The number of hydrogen-bond acceptors (Lipinski definition) is 5. The number of nitrogens with one attached hydrogen (secondary N) is 1. The summed E-state index contributed by atoms with van der Waals surface area (Å²) in [5, 5.41) is 24.2. The molecule has 0 saturated heterocycles. The highest BCUT2D eigenvalue weighted by Crippen LogP contribution is 2.35. The smallest absolute Gasteiger partial charge is 0.147 e. The lowest BCUT2D eigenvalue weighted by molar-refractivity contribution is 0.0196. The van der Waals surface area contributed by atoms with Gasteiger partial charge in [0.25, 0.3) is 0 Å². The Morgan fingerprint density at radius 3 is 2.52 bits per heavy atom. The molecule has 1 aliphatic rings. The third kappa shape index (κ3) is 4.75. The third-order valence-electron chi connectivity index (χ3n) is 5.08. The molecule has 0 radical (unpaired) electrons. The van der Waals surface area contributed by atoms with Crippen molar-refractivity contribution in [2.24, 2.45) is 0 Å². The van der Waals surface area contributed by atoms with Crippen molar-refractivity contribution >= 4 is 17.3 Å². The summed E-state index contributed by atoms with van der Waals surface area (Å²) in [5.41, 5.74) is 0.163. The van der Waals surface area contributed by atoms with E-state index in [1.165, 1.54) is 19.9 Å². The van der Waals surface area contributed by atoms with Gasteiger partial charge in [0.2, 0.25) is 0 Å². The molecular weight excluding hydrogens is 369 g/mol. The zero-order chi connectivity index (χ0) is 19.8. The van der Waals surface area contributed by atoms with E-state index in [2.05, 4.69) is 15.3 Å². The van der Waals surface area contributed by atoms with Crippen molar-refractivity contribution in [3.63, 3.8) is 0 Å². The van der Waals surface area contributed by atoms with Gasteiger partial charge in [-0.1, -0.05) is 11.6 Å². The summed E-state index contributed by atoms with van der Waals surface area (Å²) in [6.45, 7) is 4.92. The fraction of sp³-hybridized carbons (Fsp3) is 0.500. The molecule has 0 amide bonds. The molecule has 2 heterocycles. The molecule has 146 valence electrons. The van der Waals surface area contributed by atoms with Crippen molar-refractivity contribution in [2.75, 3.05) is 5.32 Å². The van der Waals surface area contributed by atoms with Gasteiger partial charge in [-0.25, -0.2) is 9.37 Å². The van der Waals surface area contributed by atoms with Crippen molar-refractivity contribution in [1.29, 1.82) is 0 Å². The van der Waals surface area contributed by atoms with Gasteiger partial charge < -0.3 is 15.5 Å². The summed E-state index contributed by atoms with van der Waals surface area (Å²) in [5.74, 6) is -0.558. The van der Waals surface area contributed by atoms with Crippen molar-refractivity contribution < 1.29 is 14.6 Å². The molecule has 0 atom stereocenters. The molecule has 0 spiro atoms. The molecular formula is C20H25ClFN3O2. The number of nitrogens with zero attached hydrogens (tertiary/aromatic N) is 2. The van der Waals surface area contributed by atoms with E-state index in [-0.39, 0.29) is 11.6 Å². The van der Waals surface area contributed by atoms with Gasteiger partial charge in [0, 0.05) is 29.1 Å². The first-order valence-corrected chi connectivity index (χ1v) is 9.46. The third-order valence-corrected chi connectivity index (χ3v) is 5.29. The predicted molar refractivity (Wildman–Crippen MR) is 104 cm³/mol. The van der Waals surface area contributed by atoms with Crippen LogP contribution in [-0.2, 0) is 5.60 Å². The van der Waals surface area contributed by atoms with Gasteiger partial charge in [0.15, 0.2) is 0 Å². The van der Waals surface area contributed by atoms with E-state index in [0.717, 1.165) is 37.6 Å². The summed E-state index contributed by atoms with van der Waals surface area (Å²) >= 11 is 6.08. The Balaban J connectivity index is 1.93. The van der Waals surface area contributed by atoms with Crippen LogP contribution in [0.1, 0.15) is 52.0 Å². The minimum absolute atomic E-state index is 0.169. The number of anilines is 1. The fourth-order valence-corrected chi connectivity index (χ4v) is 3.57. The van der Waals surface area contributed by atoms with Crippen LogP contribution in [-0.4, -0.2) is 31.8 Å². The summed E-state index contributed by atoms with van der Waals surface area (Å²) in [6, 6.07) is 3.45.